The third-order valence-electron chi connectivity index (χ3n) is 3.96. The first-order chi connectivity index (χ1) is 8.48. The second-order valence-electron chi connectivity index (χ2n) is 5.98. The lowest BCUT2D eigenvalue weighted by molar-refractivity contribution is -0.124. The summed E-state index contributed by atoms with van der Waals surface area (Å²) in [6.45, 7) is 8.50. The van der Waals surface area contributed by atoms with Gasteiger partial charge in [-0.2, -0.15) is 0 Å². The minimum Gasteiger partial charge on any atom is -0.350 e. The molecule has 1 fully saturated rings. The number of piperidine rings is 1. The number of nitrogens with one attached hydrogen (secondary N) is 1. The van der Waals surface area contributed by atoms with Crippen LogP contribution in [0.1, 0.15) is 52.9 Å². The van der Waals surface area contributed by atoms with Gasteiger partial charge in [-0.05, 0) is 52.6 Å². The highest BCUT2D eigenvalue weighted by Gasteiger charge is 2.25. The van der Waals surface area contributed by atoms with Gasteiger partial charge in [-0.25, -0.2) is 0 Å². The molecule has 1 heterocycles. The largest absolute Gasteiger partial charge is 0.350 e. The van der Waals surface area contributed by atoms with E-state index in [4.69, 9.17) is 5.73 Å². The zero-order valence-electron chi connectivity index (χ0n) is 12.2. The maximum absolute atomic E-state index is 12.1. The van der Waals surface area contributed by atoms with E-state index in [1.807, 2.05) is 0 Å². The molecule has 3 N–H and O–H groups in total. The monoisotopic (exact) mass is 255 g/mol. The maximum atomic E-state index is 12.1. The van der Waals surface area contributed by atoms with Crippen LogP contribution in [0.25, 0.3) is 0 Å². The molecule has 0 aromatic heterocycles. The summed E-state index contributed by atoms with van der Waals surface area (Å²) < 4.78 is 0. The predicted octanol–water partition coefficient (Wildman–Crippen LogP) is 1.49. The Hall–Kier alpha value is -0.610. The molecule has 0 aromatic rings. The molecular formula is C14H29N3O. The smallest absolute Gasteiger partial charge is 0.234 e. The van der Waals surface area contributed by atoms with Crippen molar-refractivity contribution in [3.05, 3.63) is 0 Å². The van der Waals surface area contributed by atoms with Crippen LogP contribution in [0.4, 0.5) is 0 Å². The highest BCUT2D eigenvalue weighted by atomic mass is 16.2. The molecule has 1 atom stereocenters. The van der Waals surface area contributed by atoms with Crippen LogP contribution in [-0.2, 0) is 4.79 Å². The fraction of sp³-hybridized carbons (Fsp3) is 0.929. The molecule has 1 unspecified atom stereocenters. The maximum Gasteiger partial charge on any atom is 0.234 e. The van der Waals surface area contributed by atoms with E-state index >= 15 is 0 Å². The fourth-order valence-corrected chi connectivity index (χ4v) is 2.48. The van der Waals surface area contributed by atoms with Crippen molar-refractivity contribution in [2.45, 2.75) is 64.5 Å². The predicted molar refractivity (Wildman–Crippen MR) is 75.4 cm³/mol. The average Bonchev–Trinajstić information content (AvgIpc) is 2.31. The minimum absolute atomic E-state index is 0.101. The molecule has 0 bridgehead atoms. The lowest BCUT2D eigenvalue weighted by atomic mass is 9.99. The standard InChI is InChI=1S/C14H29N3O/c1-4-14(2,3)16-13(18)11-17-10-6-5-7-12(17)8-9-15/h12H,4-11,15H2,1-3H3,(H,16,18). The molecule has 0 saturated carbocycles. The van der Waals surface area contributed by atoms with E-state index in [9.17, 15) is 4.79 Å². The topological polar surface area (TPSA) is 58.4 Å². The minimum atomic E-state index is -0.101. The van der Waals surface area contributed by atoms with Crippen molar-refractivity contribution in [1.82, 2.24) is 10.2 Å². The van der Waals surface area contributed by atoms with Crippen molar-refractivity contribution >= 4 is 5.91 Å². The van der Waals surface area contributed by atoms with E-state index in [-0.39, 0.29) is 11.4 Å². The van der Waals surface area contributed by atoms with Crippen LogP contribution in [0.2, 0.25) is 0 Å². The molecule has 18 heavy (non-hydrogen) atoms. The Morgan fingerprint density at radius 2 is 2.17 bits per heavy atom. The molecule has 106 valence electrons. The van der Waals surface area contributed by atoms with Gasteiger partial charge < -0.3 is 11.1 Å². The summed E-state index contributed by atoms with van der Waals surface area (Å²) in [5.41, 5.74) is 5.55. The van der Waals surface area contributed by atoms with Crippen LogP contribution in [0.5, 0.6) is 0 Å². The van der Waals surface area contributed by atoms with Gasteiger partial charge >= 0.3 is 0 Å². The third kappa shape index (κ3) is 4.94. The SMILES string of the molecule is CCC(C)(C)NC(=O)CN1CCCCC1CCN. The first kappa shape index (κ1) is 15.4. The van der Waals surface area contributed by atoms with E-state index < -0.39 is 0 Å². The van der Waals surface area contributed by atoms with Crippen molar-refractivity contribution in [2.75, 3.05) is 19.6 Å². The molecule has 0 aliphatic carbocycles. The number of likely N-dealkylation sites (tertiary alicyclic amines) is 1. The summed E-state index contributed by atoms with van der Waals surface area (Å²) in [6.07, 6.45) is 5.60. The summed E-state index contributed by atoms with van der Waals surface area (Å²) in [4.78, 5) is 14.4. The summed E-state index contributed by atoms with van der Waals surface area (Å²) >= 11 is 0. The molecule has 1 aliphatic rings. The van der Waals surface area contributed by atoms with E-state index in [0.29, 0.717) is 19.1 Å². The zero-order chi connectivity index (χ0) is 13.6. The van der Waals surface area contributed by atoms with Crippen molar-refractivity contribution in [2.24, 2.45) is 5.73 Å². The van der Waals surface area contributed by atoms with Crippen molar-refractivity contribution in [3.63, 3.8) is 0 Å². The molecule has 0 radical (unpaired) electrons. The number of nitrogens with zero attached hydrogens (tertiary/aromatic N) is 1. The van der Waals surface area contributed by atoms with Crippen molar-refractivity contribution in [3.8, 4) is 0 Å². The summed E-state index contributed by atoms with van der Waals surface area (Å²) in [6, 6.07) is 0.499. The van der Waals surface area contributed by atoms with Crippen LogP contribution in [0, 0.1) is 0 Å². The third-order valence-corrected chi connectivity index (χ3v) is 3.96. The first-order valence-electron chi connectivity index (χ1n) is 7.23. The van der Waals surface area contributed by atoms with Gasteiger partial charge in [0.05, 0.1) is 6.54 Å². The van der Waals surface area contributed by atoms with E-state index in [1.54, 1.807) is 0 Å². The Morgan fingerprint density at radius 1 is 1.44 bits per heavy atom. The number of nitrogens with two attached hydrogens (primary N) is 1. The Kier molecular flexibility index (Phi) is 6.09. The fourth-order valence-electron chi connectivity index (χ4n) is 2.48. The van der Waals surface area contributed by atoms with Gasteiger partial charge in [0.25, 0.3) is 0 Å². The summed E-state index contributed by atoms with van der Waals surface area (Å²) in [5, 5.41) is 3.10. The highest BCUT2D eigenvalue weighted by Crippen LogP contribution is 2.19. The molecule has 1 saturated heterocycles. The molecule has 4 heteroatoms. The number of rotatable bonds is 6. The molecule has 0 aromatic carbocycles. The van der Waals surface area contributed by atoms with Crippen LogP contribution in [0.15, 0.2) is 0 Å². The Morgan fingerprint density at radius 3 is 2.78 bits per heavy atom. The molecule has 0 spiro atoms. The van der Waals surface area contributed by atoms with Gasteiger partial charge in [0.2, 0.25) is 5.91 Å². The van der Waals surface area contributed by atoms with Gasteiger partial charge in [0.15, 0.2) is 0 Å². The second kappa shape index (κ2) is 7.10. The molecule has 1 rings (SSSR count). The van der Waals surface area contributed by atoms with E-state index in [1.165, 1.54) is 19.3 Å². The lowest BCUT2D eigenvalue weighted by Crippen LogP contribution is -2.50. The molecular weight excluding hydrogens is 226 g/mol. The van der Waals surface area contributed by atoms with Crippen LogP contribution >= 0.6 is 0 Å². The number of amides is 1. The average molecular weight is 255 g/mol. The number of hydrogen-bond acceptors (Lipinski definition) is 3. The normalized spacial score (nSPS) is 21.9. The summed E-state index contributed by atoms with van der Waals surface area (Å²) in [5.74, 6) is 0.144. The molecule has 1 aliphatic heterocycles. The van der Waals surface area contributed by atoms with Gasteiger partial charge in [0.1, 0.15) is 0 Å². The number of carbonyl (C=O) groups excluding carboxylic acids is 1. The Balaban J connectivity index is 2.46. The van der Waals surface area contributed by atoms with Gasteiger partial charge in [-0.3, -0.25) is 9.69 Å². The molecule has 4 nitrogen and oxygen atoms in total. The van der Waals surface area contributed by atoms with Crippen molar-refractivity contribution in [1.29, 1.82) is 0 Å². The molecule has 1 amide bonds. The number of carbonyl (C=O) groups is 1. The number of hydrogen-bond donors (Lipinski definition) is 2. The van der Waals surface area contributed by atoms with Gasteiger partial charge in [-0.1, -0.05) is 13.3 Å². The Labute approximate surface area is 111 Å². The van der Waals surface area contributed by atoms with Gasteiger partial charge in [-0.15, -0.1) is 0 Å². The lowest BCUT2D eigenvalue weighted by Gasteiger charge is -2.36. The second-order valence-corrected chi connectivity index (χ2v) is 5.98. The van der Waals surface area contributed by atoms with Crippen LogP contribution in [0.3, 0.4) is 0 Å². The first-order valence-corrected chi connectivity index (χ1v) is 7.23. The Bertz CT molecular complexity index is 264. The highest BCUT2D eigenvalue weighted by molar-refractivity contribution is 5.78. The van der Waals surface area contributed by atoms with Crippen molar-refractivity contribution < 1.29 is 4.79 Å². The van der Waals surface area contributed by atoms with Crippen LogP contribution < -0.4 is 11.1 Å². The zero-order valence-corrected chi connectivity index (χ0v) is 12.2. The summed E-state index contributed by atoms with van der Waals surface area (Å²) in [7, 11) is 0. The van der Waals surface area contributed by atoms with Gasteiger partial charge in [0, 0.05) is 11.6 Å². The van der Waals surface area contributed by atoms with Crippen LogP contribution in [-0.4, -0.2) is 42.0 Å². The van der Waals surface area contributed by atoms with E-state index in [0.717, 1.165) is 19.4 Å². The quantitative estimate of drug-likeness (QED) is 0.756. The van der Waals surface area contributed by atoms with E-state index in [2.05, 4.69) is 31.0 Å².